The highest BCUT2D eigenvalue weighted by Crippen LogP contribution is 2.36. The zero-order valence-corrected chi connectivity index (χ0v) is 12.3. The predicted molar refractivity (Wildman–Crippen MR) is 84.1 cm³/mol. The average molecular weight is 329 g/mol. The zero-order chi connectivity index (χ0) is 13.9. The maximum absolute atomic E-state index is 9.35. The third kappa shape index (κ3) is 2.42. The van der Waals surface area contributed by atoms with Crippen molar-refractivity contribution in [2.45, 2.75) is 6.61 Å². The Bertz CT molecular complexity index is 753. The number of aliphatic hydroxyl groups is 1. The number of benzene rings is 3. The zero-order valence-electron chi connectivity index (χ0n) is 10.7. The van der Waals surface area contributed by atoms with Crippen molar-refractivity contribution >= 4 is 26.7 Å². The van der Waals surface area contributed by atoms with Crippen LogP contribution >= 0.6 is 15.9 Å². The number of ether oxygens (including phenoxy) is 1. The third-order valence-electron chi connectivity index (χ3n) is 3.19. The molecule has 2 nitrogen and oxygen atoms in total. The number of rotatable bonds is 3. The molecule has 0 saturated heterocycles. The van der Waals surface area contributed by atoms with E-state index in [0.717, 1.165) is 26.6 Å². The summed E-state index contributed by atoms with van der Waals surface area (Å²) in [5.74, 6) is 1.41. The van der Waals surface area contributed by atoms with Crippen LogP contribution in [0.3, 0.4) is 0 Å². The Morgan fingerprint density at radius 2 is 1.60 bits per heavy atom. The van der Waals surface area contributed by atoms with E-state index < -0.39 is 0 Å². The first-order valence-corrected chi connectivity index (χ1v) is 7.13. The maximum atomic E-state index is 9.35. The first kappa shape index (κ1) is 13.2. The lowest BCUT2D eigenvalue weighted by Crippen LogP contribution is -1.92. The fourth-order valence-corrected chi connectivity index (χ4v) is 2.72. The van der Waals surface area contributed by atoms with Crippen molar-refractivity contribution in [3.05, 3.63) is 70.7 Å². The summed E-state index contributed by atoms with van der Waals surface area (Å²) in [6.07, 6.45) is 0. The van der Waals surface area contributed by atoms with Gasteiger partial charge in [-0.05, 0) is 38.8 Å². The van der Waals surface area contributed by atoms with E-state index in [2.05, 4.69) is 22.0 Å². The molecule has 0 amide bonds. The fourth-order valence-electron chi connectivity index (χ4n) is 2.14. The van der Waals surface area contributed by atoms with Crippen molar-refractivity contribution in [2.24, 2.45) is 0 Å². The summed E-state index contributed by atoms with van der Waals surface area (Å²) >= 11 is 3.60. The molecule has 0 spiro atoms. The molecule has 0 atom stereocenters. The minimum absolute atomic E-state index is 0.0403. The van der Waals surface area contributed by atoms with E-state index in [1.54, 1.807) is 0 Å². The molecule has 3 heteroatoms. The molecule has 3 aromatic carbocycles. The molecule has 100 valence electrons. The highest BCUT2D eigenvalue weighted by molar-refractivity contribution is 9.10. The number of halogens is 1. The summed E-state index contributed by atoms with van der Waals surface area (Å²) in [4.78, 5) is 0. The van der Waals surface area contributed by atoms with Gasteiger partial charge in [0.2, 0.25) is 0 Å². The largest absolute Gasteiger partial charge is 0.456 e. The van der Waals surface area contributed by atoms with Crippen LogP contribution in [0.4, 0.5) is 0 Å². The number of fused-ring (bicyclic) bond motifs is 1. The molecule has 0 aliphatic rings. The van der Waals surface area contributed by atoms with Gasteiger partial charge in [-0.15, -0.1) is 0 Å². The average Bonchev–Trinajstić information content (AvgIpc) is 2.51. The quantitative estimate of drug-likeness (QED) is 0.741. The summed E-state index contributed by atoms with van der Waals surface area (Å²) in [5.41, 5.74) is 0.771. The number of aliphatic hydroxyl groups excluding tert-OH is 1. The van der Waals surface area contributed by atoms with Gasteiger partial charge in [-0.1, -0.05) is 48.5 Å². The molecular weight excluding hydrogens is 316 g/mol. The molecule has 0 radical (unpaired) electrons. The SMILES string of the molecule is OCc1ccccc1Oc1ccc2ccccc2c1Br. The van der Waals surface area contributed by atoms with Crippen LogP contribution in [0.15, 0.2) is 65.1 Å². The standard InChI is InChI=1S/C17H13BrO2/c18-17-14-7-3-1-5-12(14)9-10-16(17)20-15-8-4-2-6-13(15)11-19/h1-10,19H,11H2. The molecule has 1 N–H and O–H groups in total. The van der Waals surface area contributed by atoms with Crippen molar-refractivity contribution in [3.63, 3.8) is 0 Å². The van der Waals surface area contributed by atoms with Gasteiger partial charge in [-0.2, -0.15) is 0 Å². The Kier molecular flexibility index (Phi) is 3.72. The minimum Gasteiger partial charge on any atom is -0.456 e. The Balaban J connectivity index is 2.05. The lowest BCUT2D eigenvalue weighted by molar-refractivity contribution is 0.276. The van der Waals surface area contributed by atoms with E-state index in [0.29, 0.717) is 5.75 Å². The molecule has 0 aliphatic carbocycles. The molecule has 20 heavy (non-hydrogen) atoms. The van der Waals surface area contributed by atoms with Crippen molar-refractivity contribution in [1.82, 2.24) is 0 Å². The van der Waals surface area contributed by atoms with E-state index >= 15 is 0 Å². The summed E-state index contributed by atoms with van der Waals surface area (Å²) in [5, 5.41) is 11.6. The van der Waals surface area contributed by atoms with Crippen molar-refractivity contribution < 1.29 is 9.84 Å². The highest BCUT2D eigenvalue weighted by Gasteiger charge is 2.09. The number of para-hydroxylation sites is 1. The van der Waals surface area contributed by atoms with Crippen LogP contribution in [-0.4, -0.2) is 5.11 Å². The van der Waals surface area contributed by atoms with Crippen LogP contribution in [0, 0.1) is 0 Å². The van der Waals surface area contributed by atoms with Crippen LogP contribution in [-0.2, 0) is 6.61 Å². The fraction of sp³-hybridized carbons (Fsp3) is 0.0588. The molecule has 3 rings (SSSR count). The lowest BCUT2D eigenvalue weighted by Gasteiger charge is -2.12. The summed E-state index contributed by atoms with van der Waals surface area (Å²) in [6, 6.07) is 19.6. The van der Waals surface area contributed by atoms with Crippen molar-refractivity contribution in [3.8, 4) is 11.5 Å². The monoisotopic (exact) mass is 328 g/mol. The normalized spacial score (nSPS) is 10.7. The lowest BCUT2D eigenvalue weighted by atomic mass is 10.1. The summed E-state index contributed by atoms with van der Waals surface area (Å²) in [6.45, 7) is -0.0403. The van der Waals surface area contributed by atoms with E-state index in [-0.39, 0.29) is 6.61 Å². The molecule has 0 heterocycles. The Morgan fingerprint density at radius 1 is 0.850 bits per heavy atom. The first-order valence-electron chi connectivity index (χ1n) is 6.33. The van der Waals surface area contributed by atoms with Gasteiger partial charge in [-0.3, -0.25) is 0 Å². The molecule has 0 aliphatic heterocycles. The van der Waals surface area contributed by atoms with Gasteiger partial charge < -0.3 is 9.84 Å². The van der Waals surface area contributed by atoms with E-state index in [4.69, 9.17) is 4.74 Å². The minimum atomic E-state index is -0.0403. The van der Waals surface area contributed by atoms with Gasteiger partial charge in [0.1, 0.15) is 11.5 Å². The summed E-state index contributed by atoms with van der Waals surface area (Å²) < 4.78 is 6.85. The molecular formula is C17H13BrO2. The molecule has 3 aromatic rings. The second-order valence-electron chi connectivity index (χ2n) is 4.47. The van der Waals surface area contributed by atoms with Crippen LogP contribution in [0.2, 0.25) is 0 Å². The smallest absolute Gasteiger partial charge is 0.142 e. The molecule has 0 unspecified atom stereocenters. The van der Waals surface area contributed by atoms with Crippen molar-refractivity contribution in [1.29, 1.82) is 0 Å². The van der Waals surface area contributed by atoms with E-state index in [1.165, 1.54) is 0 Å². The van der Waals surface area contributed by atoms with Crippen LogP contribution in [0.1, 0.15) is 5.56 Å². The molecule has 0 aromatic heterocycles. The Morgan fingerprint density at radius 3 is 2.45 bits per heavy atom. The maximum Gasteiger partial charge on any atom is 0.142 e. The Labute approximate surface area is 125 Å². The van der Waals surface area contributed by atoms with E-state index in [9.17, 15) is 5.11 Å². The van der Waals surface area contributed by atoms with Gasteiger partial charge in [-0.25, -0.2) is 0 Å². The first-order chi connectivity index (χ1) is 9.79. The molecule has 0 bridgehead atoms. The number of hydrogen-bond acceptors (Lipinski definition) is 2. The third-order valence-corrected chi connectivity index (χ3v) is 4.01. The van der Waals surface area contributed by atoms with Gasteiger partial charge >= 0.3 is 0 Å². The predicted octanol–water partition coefficient (Wildman–Crippen LogP) is 4.89. The van der Waals surface area contributed by atoms with Gasteiger partial charge in [0.05, 0.1) is 11.1 Å². The second kappa shape index (κ2) is 5.65. The van der Waals surface area contributed by atoms with Crippen LogP contribution < -0.4 is 4.74 Å². The molecule has 0 saturated carbocycles. The number of hydrogen-bond donors (Lipinski definition) is 1. The van der Waals surface area contributed by atoms with Crippen LogP contribution in [0.5, 0.6) is 11.5 Å². The van der Waals surface area contributed by atoms with Gasteiger partial charge in [0.15, 0.2) is 0 Å². The van der Waals surface area contributed by atoms with Crippen LogP contribution in [0.25, 0.3) is 10.8 Å². The second-order valence-corrected chi connectivity index (χ2v) is 5.26. The van der Waals surface area contributed by atoms with Gasteiger partial charge in [0.25, 0.3) is 0 Å². The molecule has 0 fully saturated rings. The summed E-state index contributed by atoms with van der Waals surface area (Å²) in [7, 11) is 0. The van der Waals surface area contributed by atoms with Gasteiger partial charge in [0, 0.05) is 5.56 Å². The highest BCUT2D eigenvalue weighted by atomic mass is 79.9. The topological polar surface area (TPSA) is 29.5 Å². The van der Waals surface area contributed by atoms with E-state index in [1.807, 2.05) is 54.6 Å². The van der Waals surface area contributed by atoms with Crippen molar-refractivity contribution in [2.75, 3.05) is 0 Å². The Hall–Kier alpha value is -1.84.